The van der Waals surface area contributed by atoms with Crippen molar-refractivity contribution in [2.45, 2.75) is 16.4 Å². The standard InChI is InChI=1S/C14H12N2O2S2/c1-10(20(18)13-6-3-7-19-13)14(17)16-12-5-2-4-11(8-12)9-15/h2-8,10H,1H3,(H,16,17). The van der Waals surface area contributed by atoms with E-state index in [4.69, 9.17) is 5.26 Å². The van der Waals surface area contributed by atoms with Crippen LogP contribution in [0.15, 0.2) is 46.0 Å². The van der Waals surface area contributed by atoms with Crippen LogP contribution in [0, 0.1) is 11.3 Å². The minimum atomic E-state index is -1.37. The molecule has 0 radical (unpaired) electrons. The molecule has 1 heterocycles. The van der Waals surface area contributed by atoms with E-state index in [-0.39, 0.29) is 5.91 Å². The van der Waals surface area contributed by atoms with E-state index >= 15 is 0 Å². The number of anilines is 1. The Kier molecular flexibility index (Phi) is 4.66. The number of nitrogens with zero attached hydrogens (tertiary/aromatic N) is 1. The number of rotatable bonds is 4. The van der Waals surface area contributed by atoms with Gasteiger partial charge in [-0.1, -0.05) is 12.1 Å². The highest BCUT2D eigenvalue weighted by atomic mass is 32.2. The molecule has 0 bridgehead atoms. The van der Waals surface area contributed by atoms with Gasteiger partial charge in [0.2, 0.25) is 5.91 Å². The Morgan fingerprint density at radius 2 is 2.20 bits per heavy atom. The Hall–Kier alpha value is -1.97. The monoisotopic (exact) mass is 304 g/mol. The fraction of sp³-hybridized carbons (Fsp3) is 0.143. The number of hydrogen-bond donors (Lipinski definition) is 1. The van der Waals surface area contributed by atoms with Crippen LogP contribution in [0.1, 0.15) is 12.5 Å². The molecule has 0 aliphatic rings. The zero-order valence-electron chi connectivity index (χ0n) is 10.7. The quantitative estimate of drug-likeness (QED) is 0.944. The molecule has 6 heteroatoms. The van der Waals surface area contributed by atoms with Crippen molar-refractivity contribution in [2.75, 3.05) is 5.32 Å². The Morgan fingerprint density at radius 1 is 1.40 bits per heavy atom. The molecular weight excluding hydrogens is 292 g/mol. The number of amides is 1. The van der Waals surface area contributed by atoms with Gasteiger partial charge in [0.15, 0.2) is 0 Å². The van der Waals surface area contributed by atoms with Crippen LogP contribution >= 0.6 is 11.3 Å². The summed E-state index contributed by atoms with van der Waals surface area (Å²) in [5, 5.41) is 12.7. The lowest BCUT2D eigenvalue weighted by Gasteiger charge is -2.11. The average Bonchev–Trinajstić information content (AvgIpc) is 3.00. The molecule has 1 aromatic carbocycles. The third kappa shape index (κ3) is 3.32. The molecule has 4 nitrogen and oxygen atoms in total. The normalized spacial score (nSPS) is 13.2. The van der Waals surface area contributed by atoms with Crippen LogP contribution in [0.25, 0.3) is 0 Å². The first kappa shape index (κ1) is 14.4. The molecule has 0 saturated carbocycles. The van der Waals surface area contributed by atoms with Crippen molar-refractivity contribution in [2.24, 2.45) is 0 Å². The summed E-state index contributed by atoms with van der Waals surface area (Å²) in [6.07, 6.45) is 0. The van der Waals surface area contributed by atoms with Crippen LogP contribution < -0.4 is 5.32 Å². The summed E-state index contributed by atoms with van der Waals surface area (Å²) in [6.45, 7) is 1.62. The second-order valence-electron chi connectivity index (χ2n) is 4.05. The molecule has 2 atom stereocenters. The van der Waals surface area contributed by atoms with Crippen molar-refractivity contribution in [3.8, 4) is 6.07 Å². The minimum absolute atomic E-state index is 0.327. The molecule has 1 amide bonds. The number of carbonyl (C=O) groups excluding carboxylic acids is 1. The molecule has 0 aliphatic heterocycles. The predicted octanol–water partition coefficient (Wildman–Crippen LogP) is 2.75. The van der Waals surface area contributed by atoms with Gasteiger partial charge in [0, 0.05) is 5.69 Å². The Bertz CT molecular complexity index is 675. The first-order valence-electron chi connectivity index (χ1n) is 5.87. The summed E-state index contributed by atoms with van der Waals surface area (Å²) in [7, 11) is -1.37. The summed E-state index contributed by atoms with van der Waals surface area (Å²) < 4.78 is 12.8. The Labute approximate surface area is 123 Å². The van der Waals surface area contributed by atoms with Crippen LogP contribution in [-0.2, 0) is 15.6 Å². The van der Waals surface area contributed by atoms with Gasteiger partial charge in [-0.2, -0.15) is 5.26 Å². The molecule has 1 aromatic heterocycles. The molecule has 20 heavy (non-hydrogen) atoms. The molecular formula is C14H12N2O2S2. The number of nitriles is 1. The van der Waals surface area contributed by atoms with Gasteiger partial charge < -0.3 is 5.32 Å². The van der Waals surface area contributed by atoms with Gasteiger partial charge in [0.05, 0.1) is 26.6 Å². The fourth-order valence-corrected chi connectivity index (χ4v) is 3.80. The highest BCUT2D eigenvalue weighted by Gasteiger charge is 2.22. The number of carbonyl (C=O) groups is 1. The Balaban J connectivity index is 2.08. The lowest BCUT2D eigenvalue weighted by molar-refractivity contribution is -0.115. The molecule has 102 valence electrons. The fourth-order valence-electron chi connectivity index (χ4n) is 1.56. The van der Waals surface area contributed by atoms with Crippen molar-refractivity contribution in [1.82, 2.24) is 0 Å². The summed E-state index contributed by atoms with van der Waals surface area (Å²) >= 11 is 1.37. The molecule has 0 fully saturated rings. The van der Waals surface area contributed by atoms with Crippen molar-refractivity contribution in [3.63, 3.8) is 0 Å². The first-order valence-corrected chi connectivity index (χ1v) is 7.96. The first-order chi connectivity index (χ1) is 9.61. The van der Waals surface area contributed by atoms with Gasteiger partial charge in [0.25, 0.3) is 0 Å². The van der Waals surface area contributed by atoms with Crippen molar-refractivity contribution in [3.05, 3.63) is 47.3 Å². The second kappa shape index (κ2) is 6.46. The van der Waals surface area contributed by atoms with E-state index < -0.39 is 16.0 Å². The lowest BCUT2D eigenvalue weighted by Crippen LogP contribution is -2.28. The highest BCUT2D eigenvalue weighted by Crippen LogP contribution is 2.18. The minimum Gasteiger partial charge on any atom is -0.325 e. The molecule has 2 aromatic rings. The SMILES string of the molecule is CC(C(=O)Nc1cccc(C#N)c1)S(=O)c1cccs1. The number of thiophene rings is 1. The summed E-state index contributed by atoms with van der Waals surface area (Å²) in [5.41, 5.74) is 0.999. The average molecular weight is 304 g/mol. The van der Waals surface area contributed by atoms with Gasteiger partial charge in [-0.25, -0.2) is 0 Å². The number of benzene rings is 1. The van der Waals surface area contributed by atoms with Gasteiger partial charge in [-0.3, -0.25) is 9.00 Å². The molecule has 0 saturated heterocycles. The van der Waals surface area contributed by atoms with Crippen molar-refractivity contribution >= 4 is 33.7 Å². The van der Waals surface area contributed by atoms with Gasteiger partial charge in [-0.05, 0) is 36.6 Å². The van der Waals surface area contributed by atoms with Crippen LogP contribution in [0.5, 0.6) is 0 Å². The molecule has 1 N–H and O–H groups in total. The maximum atomic E-state index is 12.2. The summed E-state index contributed by atoms with van der Waals surface area (Å²) in [4.78, 5) is 12.1. The topological polar surface area (TPSA) is 70.0 Å². The smallest absolute Gasteiger partial charge is 0.240 e. The Morgan fingerprint density at radius 3 is 2.85 bits per heavy atom. The second-order valence-corrected chi connectivity index (χ2v) is 7.00. The molecule has 0 spiro atoms. The highest BCUT2D eigenvalue weighted by molar-refractivity contribution is 7.88. The van der Waals surface area contributed by atoms with Crippen LogP contribution in [0.2, 0.25) is 0 Å². The van der Waals surface area contributed by atoms with Crippen molar-refractivity contribution in [1.29, 1.82) is 5.26 Å². The number of hydrogen-bond acceptors (Lipinski definition) is 4. The van der Waals surface area contributed by atoms with E-state index in [0.717, 1.165) is 0 Å². The zero-order chi connectivity index (χ0) is 14.5. The van der Waals surface area contributed by atoms with E-state index in [1.165, 1.54) is 11.3 Å². The van der Waals surface area contributed by atoms with E-state index in [1.807, 2.05) is 11.4 Å². The van der Waals surface area contributed by atoms with Gasteiger partial charge >= 0.3 is 0 Å². The summed E-state index contributed by atoms with van der Waals surface area (Å²) in [5.74, 6) is -0.327. The zero-order valence-corrected chi connectivity index (χ0v) is 12.3. The maximum absolute atomic E-state index is 12.2. The van der Waals surface area contributed by atoms with Crippen molar-refractivity contribution < 1.29 is 9.00 Å². The van der Waals surface area contributed by atoms with E-state index in [2.05, 4.69) is 5.32 Å². The molecule has 2 unspecified atom stereocenters. The maximum Gasteiger partial charge on any atom is 0.240 e. The third-order valence-electron chi connectivity index (χ3n) is 2.64. The predicted molar refractivity (Wildman–Crippen MR) is 80.0 cm³/mol. The van der Waals surface area contributed by atoms with Crippen LogP contribution in [0.3, 0.4) is 0 Å². The van der Waals surface area contributed by atoms with Crippen LogP contribution in [0.4, 0.5) is 5.69 Å². The lowest BCUT2D eigenvalue weighted by atomic mass is 10.2. The van der Waals surface area contributed by atoms with Gasteiger partial charge in [0.1, 0.15) is 5.25 Å². The summed E-state index contributed by atoms with van der Waals surface area (Å²) in [6, 6.07) is 12.2. The van der Waals surface area contributed by atoms with Gasteiger partial charge in [-0.15, -0.1) is 11.3 Å². The third-order valence-corrected chi connectivity index (χ3v) is 5.47. The number of nitrogens with one attached hydrogen (secondary N) is 1. The van der Waals surface area contributed by atoms with Crippen LogP contribution in [-0.4, -0.2) is 15.4 Å². The largest absolute Gasteiger partial charge is 0.325 e. The van der Waals surface area contributed by atoms with E-state index in [0.29, 0.717) is 15.5 Å². The molecule has 2 rings (SSSR count). The molecule has 0 aliphatic carbocycles. The van der Waals surface area contributed by atoms with E-state index in [1.54, 1.807) is 43.3 Å². The van der Waals surface area contributed by atoms with E-state index in [9.17, 15) is 9.00 Å².